The zero-order chi connectivity index (χ0) is 9.07. The molecule has 0 fully saturated rings. The average molecular weight is 157 g/mol. The van der Waals surface area contributed by atoms with Gasteiger partial charge in [-0.25, -0.2) is 0 Å². The number of hydrogen-bond donors (Lipinski definition) is 1. The summed E-state index contributed by atoms with van der Waals surface area (Å²) in [6, 6.07) is 0. The second kappa shape index (κ2) is 4.10. The van der Waals surface area contributed by atoms with E-state index in [2.05, 4.69) is 39.9 Å². The molecule has 1 atom stereocenters. The smallest absolute Gasteiger partial charge is 0.0147 e. The van der Waals surface area contributed by atoms with Crippen LogP contribution in [0.15, 0.2) is 0 Å². The van der Waals surface area contributed by atoms with E-state index in [4.69, 9.17) is 0 Å². The zero-order valence-electron chi connectivity index (χ0n) is 8.86. The highest BCUT2D eigenvalue weighted by atomic mass is 14.9. The van der Waals surface area contributed by atoms with Gasteiger partial charge in [0.15, 0.2) is 0 Å². The van der Waals surface area contributed by atoms with E-state index in [9.17, 15) is 0 Å². The van der Waals surface area contributed by atoms with E-state index in [1.165, 1.54) is 6.42 Å². The molecule has 0 aliphatic carbocycles. The monoisotopic (exact) mass is 157 g/mol. The van der Waals surface area contributed by atoms with E-state index >= 15 is 0 Å². The minimum atomic E-state index is 0.282. The number of nitrogens with one attached hydrogen (secondary N) is 1. The van der Waals surface area contributed by atoms with Gasteiger partial charge in [-0.05, 0) is 39.2 Å². The zero-order valence-corrected chi connectivity index (χ0v) is 8.86. The maximum absolute atomic E-state index is 3.35. The highest BCUT2D eigenvalue weighted by Gasteiger charge is 2.23. The Hall–Kier alpha value is -0.0400. The summed E-state index contributed by atoms with van der Waals surface area (Å²) in [7, 11) is 2.04. The molecule has 0 spiro atoms. The molecule has 11 heavy (non-hydrogen) atoms. The molecule has 0 rings (SSSR count). The van der Waals surface area contributed by atoms with Gasteiger partial charge in [-0.3, -0.25) is 0 Å². The van der Waals surface area contributed by atoms with E-state index in [1.807, 2.05) is 7.05 Å². The van der Waals surface area contributed by atoms with Crippen molar-refractivity contribution in [1.82, 2.24) is 5.32 Å². The molecule has 0 radical (unpaired) electrons. The highest BCUT2D eigenvalue weighted by molar-refractivity contribution is 4.82. The summed E-state index contributed by atoms with van der Waals surface area (Å²) in [4.78, 5) is 0. The molecule has 0 saturated heterocycles. The van der Waals surface area contributed by atoms with Crippen molar-refractivity contribution in [2.75, 3.05) is 7.05 Å². The van der Waals surface area contributed by atoms with Crippen molar-refractivity contribution < 1.29 is 0 Å². The lowest BCUT2D eigenvalue weighted by molar-refractivity contribution is 0.250. The van der Waals surface area contributed by atoms with Gasteiger partial charge in [0, 0.05) is 5.54 Å². The normalized spacial score (nSPS) is 15.5. The third-order valence-electron chi connectivity index (χ3n) is 2.70. The lowest BCUT2D eigenvalue weighted by Crippen LogP contribution is -2.43. The van der Waals surface area contributed by atoms with Crippen molar-refractivity contribution in [2.24, 2.45) is 11.8 Å². The SMILES string of the molecule is CNC(C)(C)C(C)CC(C)C. The van der Waals surface area contributed by atoms with Gasteiger partial charge in [-0.2, -0.15) is 0 Å². The second-order valence-electron chi connectivity index (χ2n) is 4.50. The van der Waals surface area contributed by atoms with Crippen molar-refractivity contribution in [3.05, 3.63) is 0 Å². The minimum absolute atomic E-state index is 0.282. The van der Waals surface area contributed by atoms with E-state index in [0.29, 0.717) is 0 Å². The van der Waals surface area contributed by atoms with E-state index in [-0.39, 0.29) is 5.54 Å². The maximum atomic E-state index is 3.35. The van der Waals surface area contributed by atoms with Crippen LogP contribution in [0.5, 0.6) is 0 Å². The van der Waals surface area contributed by atoms with Gasteiger partial charge in [-0.1, -0.05) is 20.8 Å². The van der Waals surface area contributed by atoms with Crippen molar-refractivity contribution in [3.63, 3.8) is 0 Å². The molecule has 0 heterocycles. The van der Waals surface area contributed by atoms with E-state index in [0.717, 1.165) is 11.8 Å². The molecule has 1 heteroatoms. The summed E-state index contributed by atoms with van der Waals surface area (Å²) < 4.78 is 0. The predicted molar refractivity (Wildman–Crippen MR) is 51.8 cm³/mol. The Kier molecular flexibility index (Phi) is 4.09. The Bertz CT molecular complexity index is 105. The number of rotatable bonds is 4. The molecular formula is C10H23N. The van der Waals surface area contributed by atoms with Gasteiger partial charge in [0.05, 0.1) is 0 Å². The summed E-state index contributed by atoms with van der Waals surface area (Å²) in [5.74, 6) is 1.55. The van der Waals surface area contributed by atoms with Crippen LogP contribution < -0.4 is 5.32 Å². The lowest BCUT2D eigenvalue weighted by atomic mass is 9.83. The Labute approximate surface area is 71.6 Å². The summed E-state index contributed by atoms with van der Waals surface area (Å²) in [6.07, 6.45) is 1.30. The summed E-state index contributed by atoms with van der Waals surface area (Å²) in [5, 5.41) is 3.35. The van der Waals surface area contributed by atoms with Crippen LogP contribution in [0.2, 0.25) is 0 Å². The average Bonchev–Trinajstić information content (AvgIpc) is 1.86. The van der Waals surface area contributed by atoms with Crippen molar-refractivity contribution in [1.29, 1.82) is 0 Å². The number of hydrogen-bond acceptors (Lipinski definition) is 1. The molecule has 0 amide bonds. The van der Waals surface area contributed by atoms with Crippen LogP contribution in [0.1, 0.15) is 41.0 Å². The molecule has 1 nitrogen and oxygen atoms in total. The fourth-order valence-corrected chi connectivity index (χ4v) is 1.25. The van der Waals surface area contributed by atoms with Gasteiger partial charge < -0.3 is 5.32 Å². The third-order valence-corrected chi connectivity index (χ3v) is 2.70. The van der Waals surface area contributed by atoms with Gasteiger partial charge >= 0.3 is 0 Å². The van der Waals surface area contributed by atoms with Crippen LogP contribution in [-0.2, 0) is 0 Å². The van der Waals surface area contributed by atoms with Crippen molar-refractivity contribution >= 4 is 0 Å². The topological polar surface area (TPSA) is 12.0 Å². The van der Waals surface area contributed by atoms with Crippen LogP contribution in [-0.4, -0.2) is 12.6 Å². The maximum Gasteiger partial charge on any atom is 0.0147 e. The Morgan fingerprint density at radius 1 is 1.18 bits per heavy atom. The minimum Gasteiger partial charge on any atom is -0.315 e. The van der Waals surface area contributed by atoms with Crippen LogP contribution in [0, 0.1) is 11.8 Å². The molecule has 1 unspecified atom stereocenters. The molecule has 0 saturated carbocycles. The first kappa shape index (κ1) is 11.0. The lowest BCUT2D eigenvalue weighted by Gasteiger charge is -2.32. The fourth-order valence-electron chi connectivity index (χ4n) is 1.25. The van der Waals surface area contributed by atoms with Gasteiger partial charge in [-0.15, -0.1) is 0 Å². The molecule has 0 aliphatic rings. The Morgan fingerprint density at radius 2 is 1.64 bits per heavy atom. The van der Waals surface area contributed by atoms with Gasteiger partial charge in [0.1, 0.15) is 0 Å². The fraction of sp³-hybridized carbons (Fsp3) is 1.00. The molecule has 1 N–H and O–H groups in total. The van der Waals surface area contributed by atoms with Crippen LogP contribution in [0.3, 0.4) is 0 Å². The largest absolute Gasteiger partial charge is 0.315 e. The Morgan fingerprint density at radius 3 is 1.91 bits per heavy atom. The quantitative estimate of drug-likeness (QED) is 0.661. The second-order valence-corrected chi connectivity index (χ2v) is 4.50. The van der Waals surface area contributed by atoms with Gasteiger partial charge in [0.2, 0.25) is 0 Å². The summed E-state index contributed by atoms with van der Waals surface area (Å²) in [5.41, 5.74) is 0.282. The van der Waals surface area contributed by atoms with Crippen LogP contribution in [0.25, 0.3) is 0 Å². The van der Waals surface area contributed by atoms with E-state index in [1.54, 1.807) is 0 Å². The molecule has 0 aliphatic heterocycles. The molecule has 0 aromatic heterocycles. The predicted octanol–water partition coefficient (Wildman–Crippen LogP) is 2.67. The van der Waals surface area contributed by atoms with E-state index < -0.39 is 0 Å². The molecular weight excluding hydrogens is 134 g/mol. The molecule has 0 aromatic rings. The first-order valence-corrected chi connectivity index (χ1v) is 4.59. The molecule has 68 valence electrons. The summed E-state index contributed by atoms with van der Waals surface area (Å²) in [6.45, 7) is 11.4. The molecule has 0 aromatic carbocycles. The summed E-state index contributed by atoms with van der Waals surface area (Å²) >= 11 is 0. The molecule has 0 bridgehead atoms. The van der Waals surface area contributed by atoms with Crippen molar-refractivity contribution in [2.45, 2.75) is 46.6 Å². The standard InChI is InChI=1S/C10H23N/c1-8(2)7-9(3)10(4,5)11-6/h8-9,11H,7H2,1-6H3. The Balaban J connectivity index is 3.90. The third kappa shape index (κ3) is 3.76. The van der Waals surface area contributed by atoms with Crippen LogP contribution >= 0.6 is 0 Å². The first-order valence-electron chi connectivity index (χ1n) is 4.59. The highest BCUT2D eigenvalue weighted by Crippen LogP contribution is 2.22. The first-order chi connectivity index (χ1) is 4.90. The van der Waals surface area contributed by atoms with Crippen molar-refractivity contribution in [3.8, 4) is 0 Å². The van der Waals surface area contributed by atoms with Gasteiger partial charge in [0.25, 0.3) is 0 Å². The van der Waals surface area contributed by atoms with Crippen LogP contribution in [0.4, 0.5) is 0 Å².